The number of nitrogen functional groups attached to an aromatic ring is 1. The Hall–Kier alpha value is -1.55. The van der Waals surface area contributed by atoms with E-state index in [1.54, 1.807) is 0 Å². The molecule has 0 atom stereocenters. The van der Waals surface area contributed by atoms with Crippen LogP contribution in [0.3, 0.4) is 0 Å². The van der Waals surface area contributed by atoms with Gasteiger partial charge in [-0.25, -0.2) is 0 Å². The molecule has 1 amide bonds. The lowest BCUT2D eigenvalue weighted by molar-refractivity contribution is -0.117. The summed E-state index contributed by atoms with van der Waals surface area (Å²) < 4.78 is 0. The van der Waals surface area contributed by atoms with E-state index >= 15 is 0 Å². The molecule has 0 fully saturated rings. The summed E-state index contributed by atoms with van der Waals surface area (Å²) in [6.45, 7) is 0.794. The molecule has 0 aliphatic heterocycles. The number of nitrogens with one attached hydrogen (secondary N) is 1. The number of carbonyl (C=O) groups excluding carboxylic acids is 1. The molecule has 1 rings (SSSR count). The Labute approximate surface area is 76.9 Å². The predicted molar refractivity (Wildman–Crippen MR) is 51.8 cm³/mol. The van der Waals surface area contributed by atoms with Gasteiger partial charge in [-0.2, -0.15) is 0 Å². The first-order valence-corrected chi connectivity index (χ1v) is 4.02. The molecule has 5 N–H and O–H groups in total. The summed E-state index contributed by atoms with van der Waals surface area (Å²) in [4.78, 5) is 10.4. The summed E-state index contributed by atoms with van der Waals surface area (Å²) in [6, 6.07) is 7.48. The Bertz CT molecular complexity index is 299. The van der Waals surface area contributed by atoms with E-state index in [0.717, 1.165) is 11.3 Å². The Morgan fingerprint density at radius 3 is 2.85 bits per heavy atom. The van der Waals surface area contributed by atoms with E-state index in [0.29, 0.717) is 6.54 Å². The van der Waals surface area contributed by atoms with Crippen molar-refractivity contribution in [1.82, 2.24) is 5.32 Å². The summed E-state index contributed by atoms with van der Waals surface area (Å²) in [5.41, 5.74) is 12.3. The number of hydrogen-bond acceptors (Lipinski definition) is 3. The average molecular weight is 179 g/mol. The molecule has 0 saturated carbocycles. The molecule has 4 nitrogen and oxygen atoms in total. The molecule has 1 aromatic carbocycles. The van der Waals surface area contributed by atoms with E-state index in [9.17, 15) is 4.79 Å². The Morgan fingerprint density at radius 2 is 2.23 bits per heavy atom. The van der Waals surface area contributed by atoms with Gasteiger partial charge in [0.15, 0.2) is 0 Å². The quantitative estimate of drug-likeness (QED) is 0.562. The Balaban J connectivity index is 2.41. The molecule has 0 heterocycles. The number of carbonyl (C=O) groups is 1. The lowest BCUT2D eigenvalue weighted by atomic mass is 10.2. The maximum Gasteiger partial charge on any atom is 0.231 e. The van der Waals surface area contributed by atoms with Crippen molar-refractivity contribution >= 4 is 11.6 Å². The molecule has 0 aliphatic rings. The highest BCUT2D eigenvalue weighted by Gasteiger charge is 1.95. The number of rotatable bonds is 4. The van der Waals surface area contributed by atoms with Gasteiger partial charge in [0, 0.05) is 12.2 Å². The van der Waals surface area contributed by atoms with Gasteiger partial charge in [-0.1, -0.05) is 12.1 Å². The average Bonchev–Trinajstić information content (AvgIpc) is 2.03. The van der Waals surface area contributed by atoms with Gasteiger partial charge in [-0.15, -0.1) is 0 Å². The van der Waals surface area contributed by atoms with Gasteiger partial charge >= 0.3 is 0 Å². The highest BCUT2D eigenvalue weighted by Crippen LogP contribution is 2.05. The van der Waals surface area contributed by atoms with Crippen LogP contribution in [0.15, 0.2) is 24.3 Å². The summed E-state index contributed by atoms with van der Waals surface area (Å²) >= 11 is 0. The molecule has 1 aromatic rings. The molecule has 70 valence electrons. The van der Waals surface area contributed by atoms with Crippen molar-refractivity contribution < 1.29 is 4.79 Å². The summed E-state index contributed by atoms with van der Waals surface area (Å²) in [5.74, 6) is -0.357. The third-order valence-corrected chi connectivity index (χ3v) is 1.58. The van der Waals surface area contributed by atoms with Crippen molar-refractivity contribution in [2.24, 2.45) is 5.73 Å². The number of amides is 1. The fraction of sp³-hybridized carbons (Fsp3) is 0.222. The fourth-order valence-corrected chi connectivity index (χ4v) is 1.03. The molecule has 0 spiro atoms. The SMILES string of the molecule is NC(=O)CNCc1cccc(N)c1. The van der Waals surface area contributed by atoms with Crippen molar-refractivity contribution in [3.63, 3.8) is 0 Å². The van der Waals surface area contributed by atoms with Crippen molar-refractivity contribution in [1.29, 1.82) is 0 Å². The third-order valence-electron chi connectivity index (χ3n) is 1.58. The summed E-state index contributed by atoms with van der Waals surface area (Å²) in [7, 11) is 0. The van der Waals surface area contributed by atoms with Crippen LogP contribution < -0.4 is 16.8 Å². The highest BCUT2D eigenvalue weighted by atomic mass is 16.1. The standard InChI is InChI=1S/C9H13N3O/c10-8-3-1-2-7(4-8)5-12-6-9(11)13/h1-4,12H,5-6,10H2,(H2,11,13). The Morgan fingerprint density at radius 1 is 1.46 bits per heavy atom. The van der Waals surface area contributed by atoms with Crippen molar-refractivity contribution in [3.8, 4) is 0 Å². The second-order valence-corrected chi connectivity index (χ2v) is 2.81. The van der Waals surface area contributed by atoms with Crippen LogP contribution in [0, 0.1) is 0 Å². The number of primary amides is 1. The van der Waals surface area contributed by atoms with Gasteiger partial charge in [0.1, 0.15) is 0 Å². The minimum atomic E-state index is -0.357. The zero-order chi connectivity index (χ0) is 9.68. The van der Waals surface area contributed by atoms with Crippen LogP contribution in [0.2, 0.25) is 0 Å². The normalized spacial score (nSPS) is 9.85. The number of nitrogens with two attached hydrogens (primary N) is 2. The first-order valence-electron chi connectivity index (χ1n) is 4.02. The topological polar surface area (TPSA) is 81.1 Å². The molecule has 0 saturated heterocycles. The molecule has 13 heavy (non-hydrogen) atoms. The maximum atomic E-state index is 10.4. The second-order valence-electron chi connectivity index (χ2n) is 2.81. The maximum absolute atomic E-state index is 10.4. The number of anilines is 1. The van der Waals surface area contributed by atoms with Crippen molar-refractivity contribution in [2.45, 2.75) is 6.54 Å². The van der Waals surface area contributed by atoms with Gasteiger partial charge in [0.25, 0.3) is 0 Å². The van der Waals surface area contributed by atoms with Crippen LogP contribution in [0.5, 0.6) is 0 Å². The van der Waals surface area contributed by atoms with E-state index < -0.39 is 0 Å². The Kier molecular flexibility index (Phi) is 3.28. The van der Waals surface area contributed by atoms with Gasteiger partial charge in [-0.05, 0) is 17.7 Å². The third kappa shape index (κ3) is 3.57. The minimum absolute atomic E-state index is 0.189. The smallest absolute Gasteiger partial charge is 0.231 e. The van der Waals surface area contributed by atoms with Crippen LogP contribution in [0.25, 0.3) is 0 Å². The monoisotopic (exact) mass is 179 g/mol. The van der Waals surface area contributed by atoms with E-state index in [1.807, 2.05) is 24.3 Å². The number of hydrogen-bond donors (Lipinski definition) is 3. The van der Waals surface area contributed by atoms with Crippen LogP contribution in [0.4, 0.5) is 5.69 Å². The lowest BCUT2D eigenvalue weighted by Crippen LogP contribution is -2.28. The van der Waals surface area contributed by atoms with Gasteiger partial charge < -0.3 is 16.8 Å². The fourth-order valence-electron chi connectivity index (χ4n) is 1.03. The van der Waals surface area contributed by atoms with Gasteiger partial charge in [0.2, 0.25) is 5.91 Å². The van der Waals surface area contributed by atoms with Crippen LogP contribution in [0.1, 0.15) is 5.56 Å². The van der Waals surface area contributed by atoms with Crippen molar-refractivity contribution in [3.05, 3.63) is 29.8 Å². The molecule has 4 heteroatoms. The molecular formula is C9H13N3O. The number of benzene rings is 1. The van der Waals surface area contributed by atoms with Crippen LogP contribution in [-0.4, -0.2) is 12.5 Å². The van der Waals surface area contributed by atoms with Gasteiger partial charge in [0.05, 0.1) is 6.54 Å². The summed E-state index contributed by atoms with van der Waals surface area (Å²) in [6.07, 6.45) is 0. The molecular weight excluding hydrogens is 166 g/mol. The zero-order valence-corrected chi connectivity index (χ0v) is 7.29. The van der Waals surface area contributed by atoms with E-state index in [-0.39, 0.29) is 12.5 Å². The van der Waals surface area contributed by atoms with Crippen LogP contribution >= 0.6 is 0 Å². The molecule has 0 radical (unpaired) electrons. The largest absolute Gasteiger partial charge is 0.399 e. The van der Waals surface area contributed by atoms with E-state index in [2.05, 4.69) is 5.32 Å². The second kappa shape index (κ2) is 4.47. The summed E-state index contributed by atoms with van der Waals surface area (Å²) in [5, 5.41) is 2.90. The van der Waals surface area contributed by atoms with Gasteiger partial charge in [-0.3, -0.25) is 4.79 Å². The molecule has 0 bridgehead atoms. The van der Waals surface area contributed by atoms with Crippen LogP contribution in [-0.2, 0) is 11.3 Å². The van der Waals surface area contributed by atoms with Crippen molar-refractivity contribution in [2.75, 3.05) is 12.3 Å². The van der Waals surface area contributed by atoms with E-state index in [1.165, 1.54) is 0 Å². The zero-order valence-electron chi connectivity index (χ0n) is 7.29. The highest BCUT2D eigenvalue weighted by molar-refractivity contribution is 5.75. The lowest BCUT2D eigenvalue weighted by Gasteiger charge is -2.02. The minimum Gasteiger partial charge on any atom is -0.399 e. The van der Waals surface area contributed by atoms with E-state index in [4.69, 9.17) is 11.5 Å². The molecule has 0 aliphatic carbocycles. The predicted octanol–water partition coefficient (Wildman–Crippen LogP) is -0.156. The molecule has 0 unspecified atom stereocenters. The first kappa shape index (κ1) is 9.54. The first-order chi connectivity index (χ1) is 6.18. The molecule has 0 aromatic heterocycles.